The second-order valence-electron chi connectivity index (χ2n) is 6.03. The Balaban J connectivity index is 1.65. The fourth-order valence-electron chi connectivity index (χ4n) is 2.63. The Hall–Kier alpha value is -2.62. The zero-order valence-electron chi connectivity index (χ0n) is 13.8. The predicted molar refractivity (Wildman–Crippen MR) is 93.6 cm³/mol. The van der Waals surface area contributed by atoms with Crippen molar-refractivity contribution in [2.24, 2.45) is 0 Å². The van der Waals surface area contributed by atoms with Crippen LogP contribution in [0.5, 0.6) is 0 Å². The van der Waals surface area contributed by atoms with E-state index in [1.165, 1.54) is 16.7 Å². The molecule has 1 amide bonds. The first-order valence-corrected chi connectivity index (χ1v) is 7.82. The lowest BCUT2D eigenvalue weighted by molar-refractivity contribution is -0.116. The van der Waals surface area contributed by atoms with E-state index in [1.54, 1.807) is 0 Å². The molecule has 0 saturated carbocycles. The molecule has 3 rings (SSSR count). The molecule has 1 N–H and O–H groups in total. The zero-order valence-corrected chi connectivity index (χ0v) is 13.8. The van der Waals surface area contributed by atoms with Crippen LogP contribution >= 0.6 is 0 Å². The average Bonchev–Trinajstić information content (AvgIpc) is 2.91. The van der Waals surface area contributed by atoms with Crippen molar-refractivity contribution in [1.82, 2.24) is 9.78 Å². The molecule has 3 aromatic rings. The van der Waals surface area contributed by atoms with Crippen LogP contribution in [0.15, 0.2) is 42.6 Å². The molecule has 23 heavy (non-hydrogen) atoms. The van der Waals surface area contributed by atoms with E-state index >= 15 is 0 Å². The molecule has 118 valence electrons. The van der Waals surface area contributed by atoms with Crippen molar-refractivity contribution in [3.8, 4) is 0 Å². The summed E-state index contributed by atoms with van der Waals surface area (Å²) < 4.78 is 1.88. The number of nitrogens with zero attached hydrogens (tertiary/aromatic N) is 2. The van der Waals surface area contributed by atoms with Crippen LogP contribution in [0.4, 0.5) is 5.69 Å². The smallest absolute Gasteiger partial charge is 0.226 e. The normalized spacial score (nSPS) is 10.9. The maximum atomic E-state index is 12.1. The first-order valence-electron chi connectivity index (χ1n) is 7.82. The topological polar surface area (TPSA) is 46.9 Å². The van der Waals surface area contributed by atoms with Crippen molar-refractivity contribution < 1.29 is 4.79 Å². The van der Waals surface area contributed by atoms with E-state index < -0.39 is 0 Å². The molecule has 0 unspecified atom stereocenters. The van der Waals surface area contributed by atoms with Crippen LogP contribution in [-0.2, 0) is 11.3 Å². The second-order valence-corrected chi connectivity index (χ2v) is 6.03. The van der Waals surface area contributed by atoms with E-state index in [1.807, 2.05) is 36.0 Å². The molecular weight excluding hydrogens is 286 g/mol. The average molecular weight is 307 g/mol. The van der Waals surface area contributed by atoms with Crippen molar-refractivity contribution in [3.05, 3.63) is 59.3 Å². The maximum Gasteiger partial charge on any atom is 0.226 e. The number of rotatable bonds is 4. The van der Waals surface area contributed by atoms with Gasteiger partial charge < -0.3 is 5.32 Å². The SMILES string of the molecule is Cc1ccc2c(cnn2CCC(=O)Nc2ccc(C)c(C)c2)c1. The van der Waals surface area contributed by atoms with E-state index in [0.717, 1.165) is 16.6 Å². The van der Waals surface area contributed by atoms with Gasteiger partial charge in [0.05, 0.1) is 18.3 Å². The minimum atomic E-state index is 0.00372. The number of anilines is 1. The Morgan fingerprint density at radius 2 is 1.91 bits per heavy atom. The second kappa shape index (κ2) is 6.24. The zero-order chi connectivity index (χ0) is 16.4. The molecule has 1 aromatic heterocycles. The molecule has 0 saturated heterocycles. The van der Waals surface area contributed by atoms with Crippen LogP contribution in [-0.4, -0.2) is 15.7 Å². The Kier molecular flexibility index (Phi) is 4.15. The van der Waals surface area contributed by atoms with E-state index in [2.05, 4.69) is 42.5 Å². The van der Waals surface area contributed by atoms with Crippen molar-refractivity contribution in [2.75, 3.05) is 5.32 Å². The molecule has 0 spiro atoms. The summed E-state index contributed by atoms with van der Waals surface area (Å²) in [5, 5.41) is 8.44. The van der Waals surface area contributed by atoms with Crippen LogP contribution in [0, 0.1) is 20.8 Å². The summed E-state index contributed by atoms with van der Waals surface area (Å²) in [4.78, 5) is 12.1. The molecule has 0 aliphatic carbocycles. The highest BCUT2D eigenvalue weighted by Gasteiger charge is 2.07. The Bertz CT molecular complexity index is 864. The number of amides is 1. The molecule has 4 heteroatoms. The highest BCUT2D eigenvalue weighted by Crippen LogP contribution is 2.17. The lowest BCUT2D eigenvalue weighted by Gasteiger charge is -2.08. The number of nitrogens with one attached hydrogen (secondary N) is 1. The van der Waals surface area contributed by atoms with Crippen LogP contribution in [0.2, 0.25) is 0 Å². The molecule has 1 heterocycles. The van der Waals surface area contributed by atoms with Crippen molar-refractivity contribution in [2.45, 2.75) is 33.7 Å². The summed E-state index contributed by atoms with van der Waals surface area (Å²) in [5.41, 5.74) is 5.52. The first-order chi connectivity index (χ1) is 11.0. The van der Waals surface area contributed by atoms with Gasteiger partial charge in [-0.3, -0.25) is 9.48 Å². The molecule has 0 bridgehead atoms. The van der Waals surface area contributed by atoms with Crippen LogP contribution < -0.4 is 5.32 Å². The van der Waals surface area contributed by atoms with Gasteiger partial charge in [-0.25, -0.2) is 0 Å². The summed E-state index contributed by atoms with van der Waals surface area (Å²) in [6.07, 6.45) is 2.25. The van der Waals surface area contributed by atoms with Gasteiger partial charge in [0.15, 0.2) is 0 Å². The Morgan fingerprint density at radius 1 is 1.09 bits per heavy atom. The standard InChI is InChI=1S/C19H21N3O/c1-13-4-7-18-16(10-13)12-20-22(18)9-8-19(23)21-17-6-5-14(2)15(3)11-17/h4-7,10-12H,8-9H2,1-3H3,(H,21,23). The minimum Gasteiger partial charge on any atom is -0.326 e. The number of carbonyl (C=O) groups excluding carboxylic acids is 1. The Morgan fingerprint density at radius 3 is 2.70 bits per heavy atom. The Labute approximate surface area is 136 Å². The first kappa shape index (κ1) is 15.3. The van der Waals surface area contributed by atoms with Gasteiger partial charge in [-0.05, 0) is 56.2 Å². The highest BCUT2D eigenvalue weighted by molar-refractivity contribution is 5.91. The van der Waals surface area contributed by atoms with E-state index in [0.29, 0.717) is 13.0 Å². The number of aromatic nitrogens is 2. The van der Waals surface area contributed by atoms with Gasteiger partial charge in [-0.1, -0.05) is 17.7 Å². The van der Waals surface area contributed by atoms with Crippen molar-refractivity contribution in [3.63, 3.8) is 0 Å². The maximum absolute atomic E-state index is 12.1. The largest absolute Gasteiger partial charge is 0.326 e. The van der Waals surface area contributed by atoms with Crippen LogP contribution in [0.25, 0.3) is 10.9 Å². The molecular formula is C19H21N3O. The van der Waals surface area contributed by atoms with Gasteiger partial charge in [0.2, 0.25) is 5.91 Å². The summed E-state index contributed by atoms with van der Waals surface area (Å²) >= 11 is 0. The lowest BCUT2D eigenvalue weighted by Crippen LogP contribution is -2.15. The van der Waals surface area contributed by atoms with Gasteiger partial charge in [0.25, 0.3) is 0 Å². The van der Waals surface area contributed by atoms with Gasteiger partial charge in [0.1, 0.15) is 0 Å². The minimum absolute atomic E-state index is 0.00372. The summed E-state index contributed by atoms with van der Waals surface area (Å²) in [7, 11) is 0. The van der Waals surface area contributed by atoms with E-state index in [-0.39, 0.29) is 5.91 Å². The third kappa shape index (κ3) is 3.42. The van der Waals surface area contributed by atoms with Crippen LogP contribution in [0.3, 0.4) is 0 Å². The highest BCUT2D eigenvalue weighted by atomic mass is 16.1. The summed E-state index contributed by atoms with van der Waals surface area (Å²) in [5.74, 6) is 0.00372. The van der Waals surface area contributed by atoms with Gasteiger partial charge in [-0.2, -0.15) is 5.10 Å². The number of fused-ring (bicyclic) bond motifs is 1. The number of aryl methyl sites for hydroxylation is 4. The lowest BCUT2D eigenvalue weighted by atomic mass is 10.1. The molecule has 0 atom stereocenters. The number of benzene rings is 2. The van der Waals surface area contributed by atoms with Crippen molar-refractivity contribution >= 4 is 22.5 Å². The van der Waals surface area contributed by atoms with Gasteiger partial charge >= 0.3 is 0 Å². The van der Waals surface area contributed by atoms with Gasteiger partial charge in [-0.15, -0.1) is 0 Å². The summed E-state index contributed by atoms with van der Waals surface area (Å²) in [6, 6.07) is 12.2. The molecule has 4 nitrogen and oxygen atoms in total. The molecule has 0 aliphatic rings. The fraction of sp³-hybridized carbons (Fsp3) is 0.263. The summed E-state index contributed by atoms with van der Waals surface area (Å²) in [6.45, 7) is 6.74. The van der Waals surface area contributed by atoms with E-state index in [4.69, 9.17) is 0 Å². The molecule has 0 fully saturated rings. The monoisotopic (exact) mass is 307 g/mol. The van der Waals surface area contributed by atoms with E-state index in [9.17, 15) is 4.79 Å². The predicted octanol–water partition coefficient (Wildman–Crippen LogP) is 3.99. The van der Waals surface area contributed by atoms with Gasteiger partial charge in [0, 0.05) is 17.5 Å². The van der Waals surface area contributed by atoms with Crippen molar-refractivity contribution in [1.29, 1.82) is 0 Å². The third-order valence-electron chi connectivity index (χ3n) is 4.14. The van der Waals surface area contributed by atoms with Crippen LogP contribution in [0.1, 0.15) is 23.1 Å². The molecule has 2 aromatic carbocycles. The molecule has 0 aliphatic heterocycles. The molecule has 0 radical (unpaired) electrons. The third-order valence-corrected chi connectivity index (χ3v) is 4.14. The number of carbonyl (C=O) groups is 1. The quantitative estimate of drug-likeness (QED) is 0.792. The number of hydrogen-bond donors (Lipinski definition) is 1. The fourth-order valence-corrected chi connectivity index (χ4v) is 2.63. The number of hydrogen-bond acceptors (Lipinski definition) is 2.